The summed E-state index contributed by atoms with van der Waals surface area (Å²) in [5, 5.41) is 9.68. The van der Waals surface area contributed by atoms with Gasteiger partial charge in [-0.3, -0.25) is 4.79 Å². The number of nitrogens with zero attached hydrogens (tertiary/aromatic N) is 3. The minimum atomic E-state index is -0.278. The van der Waals surface area contributed by atoms with E-state index in [1.54, 1.807) is 6.20 Å². The first kappa shape index (κ1) is 31.2. The standard InChI is InChI=1S/C36H37Cl2N5O/c1-6-42(25(5)27-12-14-28(37)15-13-27)35(24(4)26-10-8-7-9-11-26)33-30-17-16-29(38)22-31(30)40-34(33)36(44)41-32-18-20-39-43(32)21-19-23(2)3/h6-18,20,22-23,25,40H,1,19,21H2,2-5H3,(H,41,44)/b35-24+. The Kier molecular flexibility index (Phi) is 9.62. The fourth-order valence-corrected chi connectivity index (χ4v) is 5.74. The number of H-pyrrole nitrogens is 1. The van der Waals surface area contributed by atoms with Crippen LogP contribution in [0.1, 0.15) is 67.3 Å². The highest BCUT2D eigenvalue weighted by Crippen LogP contribution is 2.41. The average Bonchev–Trinajstić information content (AvgIpc) is 3.62. The molecule has 2 heterocycles. The molecule has 226 valence electrons. The highest BCUT2D eigenvalue weighted by atomic mass is 35.5. The van der Waals surface area contributed by atoms with E-state index in [2.05, 4.69) is 66.7 Å². The summed E-state index contributed by atoms with van der Waals surface area (Å²) >= 11 is 12.7. The van der Waals surface area contributed by atoms with E-state index in [9.17, 15) is 4.79 Å². The maximum Gasteiger partial charge on any atom is 0.273 e. The van der Waals surface area contributed by atoms with Crippen molar-refractivity contribution < 1.29 is 4.79 Å². The summed E-state index contributed by atoms with van der Waals surface area (Å²) < 4.78 is 1.84. The lowest BCUT2D eigenvalue weighted by atomic mass is 9.95. The van der Waals surface area contributed by atoms with Crippen LogP contribution in [-0.4, -0.2) is 25.6 Å². The minimum absolute atomic E-state index is 0.135. The van der Waals surface area contributed by atoms with Crippen LogP contribution < -0.4 is 5.32 Å². The van der Waals surface area contributed by atoms with Crippen LogP contribution >= 0.6 is 23.2 Å². The van der Waals surface area contributed by atoms with Crippen molar-refractivity contribution in [1.29, 1.82) is 0 Å². The molecule has 2 N–H and O–H groups in total. The number of hydrogen-bond donors (Lipinski definition) is 2. The SMILES string of the molecule is C=CN(/C(=C(\C)c1ccccc1)c1c(C(=O)Nc2ccnn2CCC(C)C)[nH]c2cc(Cl)ccc12)C(C)c1ccc(Cl)cc1. The Morgan fingerprint density at radius 3 is 2.41 bits per heavy atom. The number of halogens is 2. The molecular weight excluding hydrogens is 589 g/mol. The molecule has 0 aliphatic rings. The summed E-state index contributed by atoms with van der Waals surface area (Å²) in [7, 11) is 0. The molecule has 0 saturated carbocycles. The molecule has 5 rings (SSSR count). The molecule has 5 aromatic rings. The molecule has 1 unspecified atom stereocenters. The van der Waals surface area contributed by atoms with Crippen molar-refractivity contribution in [3.63, 3.8) is 0 Å². The molecule has 1 amide bonds. The van der Waals surface area contributed by atoms with Crippen LogP contribution in [0.5, 0.6) is 0 Å². The first-order chi connectivity index (χ1) is 21.2. The number of aryl methyl sites for hydroxylation is 1. The second-order valence-corrected chi connectivity index (χ2v) is 12.2. The van der Waals surface area contributed by atoms with Gasteiger partial charge in [-0.1, -0.05) is 92.2 Å². The normalized spacial score (nSPS) is 12.7. The molecule has 0 radical (unpaired) electrons. The fraction of sp³-hybridized carbons (Fsp3) is 0.222. The van der Waals surface area contributed by atoms with Gasteiger partial charge >= 0.3 is 0 Å². The molecule has 0 aliphatic carbocycles. The zero-order chi connectivity index (χ0) is 31.4. The van der Waals surface area contributed by atoms with E-state index in [0.29, 0.717) is 34.0 Å². The Labute approximate surface area is 269 Å². The third kappa shape index (κ3) is 6.62. The molecule has 6 nitrogen and oxygen atoms in total. The Hall–Kier alpha value is -4.26. The number of aromatic amines is 1. The van der Waals surface area contributed by atoms with E-state index in [1.165, 1.54) is 0 Å². The molecule has 0 bridgehead atoms. The summed E-state index contributed by atoms with van der Waals surface area (Å²) in [6.45, 7) is 13.5. The van der Waals surface area contributed by atoms with E-state index in [-0.39, 0.29) is 11.9 Å². The first-order valence-corrected chi connectivity index (χ1v) is 15.5. The number of rotatable bonds is 11. The summed E-state index contributed by atoms with van der Waals surface area (Å²) in [5.74, 6) is 0.868. The smallest absolute Gasteiger partial charge is 0.273 e. The van der Waals surface area contributed by atoms with Crippen LogP contribution in [0.2, 0.25) is 10.0 Å². The van der Waals surface area contributed by atoms with Crippen molar-refractivity contribution in [2.45, 2.75) is 46.7 Å². The number of carbonyl (C=O) groups excluding carboxylic acids is 1. The van der Waals surface area contributed by atoms with Gasteiger partial charge in [0.1, 0.15) is 11.5 Å². The number of allylic oxidation sites excluding steroid dienone is 1. The number of nitrogens with one attached hydrogen (secondary N) is 2. The maximum absolute atomic E-state index is 14.2. The molecule has 0 aliphatic heterocycles. The van der Waals surface area contributed by atoms with E-state index in [1.807, 2.05) is 77.6 Å². The van der Waals surface area contributed by atoms with Gasteiger partial charge in [0.2, 0.25) is 0 Å². The van der Waals surface area contributed by atoms with Crippen LogP contribution in [-0.2, 0) is 6.54 Å². The Balaban J connectivity index is 1.71. The first-order valence-electron chi connectivity index (χ1n) is 14.7. The van der Waals surface area contributed by atoms with Crippen LogP contribution in [0, 0.1) is 5.92 Å². The Morgan fingerprint density at radius 2 is 1.73 bits per heavy atom. The zero-order valence-corrected chi connectivity index (χ0v) is 27.0. The second-order valence-electron chi connectivity index (χ2n) is 11.3. The Morgan fingerprint density at radius 1 is 1.02 bits per heavy atom. The molecule has 0 fully saturated rings. The monoisotopic (exact) mass is 625 g/mol. The highest BCUT2D eigenvalue weighted by molar-refractivity contribution is 6.31. The lowest BCUT2D eigenvalue weighted by Crippen LogP contribution is -2.23. The largest absolute Gasteiger partial charge is 0.350 e. The fourth-order valence-electron chi connectivity index (χ4n) is 5.44. The van der Waals surface area contributed by atoms with Gasteiger partial charge in [-0.15, -0.1) is 0 Å². The number of amides is 1. The lowest BCUT2D eigenvalue weighted by molar-refractivity contribution is 0.102. The molecular formula is C36H37Cl2N5O. The number of carbonyl (C=O) groups is 1. The van der Waals surface area contributed by atoms with Gasteiger partial charge in [-0.05, 0) is 73.4 Å². The highest BCUT2D eigenvalue weighted by Gasteiger charge is 2.29. The van der Waals surface area contributed by atoms with Crippen molar-refractivity contribution >= 4 is 57.1 Å². The van der Waals surface area contributed by atoms with Crippen molar-refractivity contribution in [1.82, 2.24) is 19.7 Å². The van der Waals surface area contributed by atoms with Crippen molar-refractivity contribution in [2.24, 2.45) is 5.92 Å². The lowest BCUT2D eigenvalue weighted by Gasteiger charge is -2.32. The third-order valence-electron chi connectivity index (χ3n) is 7.89. The van der Waals surface area contributed by atoms with Gasteiger partial charge < -0.3 is 15.2 Å². The molecule has 3 aromatic carbocycles. The van der Waals surface area contributed by atoms with Gasteiger partial charge in [0.05, 0.1) is 17.9 Å². The Bertz CT molecular complexity index is 1800. The summed E-state index contributed by atoms with van der Waals surface area (Å²) in [6.07, 6.45) is 4.47. The number of anilines is 1. The average molecular weight is 627 g/mol. The van der Waals surface area contributed by atoms with Gasteiger partial charge in [-0.2, -0.15) is 5.10 Å². The summed E-state index contributed by atoms with van der Waals surface area (Å²) in [4.78, 5) is 19.7. The topological polar surface area (TPSA) is 66.0 Å². The summed E-state index contributed by atoms with van der Waals surface area (Å²) in [5.41, 5.74) is 5.84. The summed E-state index contributed by atoms with van der Waals surface area (Å²) in [6, 6.07) is 25.3. The molecule has 0 spiro atoms. The van der Waals surface area contributed by atoms with Gasteiger partial charge in [-0.25, -0.2) is 4.68 Å². The van der Waals surface area contributed by atoms with Crippen molar-refractivity contribution in [2.75, 3.05) is 5.32 Å². The van der Waals surface area contributed by atoms with E-state index in [0.717, 1.165) is 45.3 Å². The van der Waals surface area contributed by atoms with Crippen LogP contribution in [0.15, 0.2) is 97.8 Å². The molecule has 44 heavy (non-hydrogen) atoms. The van der Waals surface area contributed by atoms with Gasteiger partial charge in [0.25, 0.3) is 5.91 Å². The van der Waals surface area contributed by atoms with Crippen LogP contribution in [0.25, 0.3) is 22.2 Å². The number of fused-ring (bicyclic) bond motifs is 1. The quantitative estimate of drug-likeness (QED) is 0.153. The molecule has 2 aromatic heterocycles. The number of hydrogen-bond acceptors (Lipinski definition) is 3. The van der Waals surface area contributed by atoms with Crippen LogP contribution in [0.4, 0.5) is 5.82 Å². The van der Waals surface area contributed by atoms with E-state index in [4.69, 9.17) is 23.2 Å². The number of aromatic nitrogens is 3. The van der Waals surface area contributed by atoms with Crippen LogP contribution in [0.3, 0.4) is 0 Å². The number of benzene rings is 3. The minimum Gasteiger partial charge on any atom is -0.350 e. The van der Waals surface area contributed by atoms with Gasteiger partial charge in [0, 0.05) is 39.1 Å². The van der Waals surface area contributed by atoms with E-state index < -0.39 is 0 Å². The van der Waals surface area contributed by atoms with Crippen molar-refractivity contribution in [3.05, 3.63) is 130 Å². The predicted molar refractivity (Wildman–Crippen MR) is 184 cm³/mol. The molecule has 1 atom stereocenters. The zero-order valence-electron chi connectivity index (χ0n) is 25.4. The molecule has 8 heteroatoms. The molecule has 0 saturated heterocycles. The predicted octanol–water partition coefficient (Wildman–Crippen LogP) is 10.1. The maximum atomic E-state index is 14.2. The van der Waals surface area contributed by atoms with Gasteiger partial charge in [0.15, 0.2) is 0 Å². The van der Waals surface area contributed by atoms with E-state index >= 15 is 0 Å². The third-order valence-corrected chi connectivity index (χ3v) is 8.37. The second kappa shape index (κ2) is 13.6. The van der Waals surface area contributed by atoms with Crippen molar-refractivity contribution in [3.8, 4) is 0 Å².